The minimum Gasteiger partial charge on any atom is -0.380 e. The average Bonchev–Trinajstić information content (AvgIpc) is 2.85. The predicted octanol–water partition coefficient (Wildman–Crippen LogP) is 4.57. The van der Waals surface area contributed by atoms with Crippen molar-refractivity contribution in [2.24, 2.45) is 5.16 Å². The summed E-state index contributed by atoms with van der Waals surface area (Å²) in [6.45, 7) is 2.22. The molecule has 0 bridgehead atoms. The van der Waals surface area contributed by atoms with Crippen molar-refractivity contribution >= 4 is 5.71 Å². The van der Waals surface area contributed by atoms with Gasteiger partial charge in [-0.2, -0.15) is 9.65 Å². The molecule has 1 aliphatic heterocycles. The van der Waals surface area contributed by atoms with Crippen LogP contribution in [0.5, 0.6) is 0 Å². The van der Waals surface area contributed by atoms with Crippen LogP contribution in [-0.4, -0.2) is 40.3 Å². The van der Waals surface area contributed by atoms with Crippen molar-refractivity contribution in [3.05, 3.63) is 94.8 Å². The zero-order valence-corrected chi connectivity index (χ0v) is 18.3. The molecule has 1 saturated heterocycles. The molecule has 0 N–H and O–H groups in total. The number of nitrogens with zero attached hydrogens (tertiary/aromatic N) is 5. The standard InChI is InChI=1S/C25H22F3N5O/c26-21-4-2-19(13-22(21)27)25(32-34-12-9-29)23-5-1-17(14-30-23)16-33-10-7-18(8-11-33)20-3-6-24(28)31-15-20/h1-6,13-15,18H,7-8,10-12,16H2/b32-25+. The van der Waals surface area contributed by atoms with Crippen LogP contribution in [0.2, 0.25) is 0 Å². The molecule has 1 aliphatic rings. The van der Waals surface area contributed by atoms with Crippen molar-refractivity contribution < 1.29 is 18.0 Å². The molecular formula is C25H22F3N5O. The lowest BCUT2D eigenvalue weighted by Crippen LogP contribution is -2.32. The molecule has 0 amide bonds. The van der Waals surface area contributed by atoms with E-state index in [1.807, 2.05) is 12.1 Å². The van der Waals surface area contributed by atoms with E-state index in [-0.39, 0.29) is 17.9 Å². The van der Waals surface area contributed by atoms with Gasteiger partial charge in [-0.3, -0.25) is 9.88 Å². The molecular weight excluding hydrogens is 443 g/mol. The molecule has 9 heteroatoms. The Labute approximate surface area is 195 Å². The normalized spacial score (nSPS) is 15.2. The molecule has 34 heavy (non-hydrogen) atoms. The van der Waals surface area contributed by atoms with E-state index in [4.69, 9.17) is 10.1 Å². The average molecular weight is 465 g/mol. The van der Waals surface area contributed by atoms with E-state index in [9.17, 15) is 13.2 Å². The molecule has 0 unspecified atom stereocenters. The van der Waals surface area contributed by atoms with Crippen LogP contribution in [0.25, 0.3) is 0 Å². The fourth-order valence-corrected chi connectivity index (χ4v) is 3.99. The van der Waals surface area contributed by atoms with Gasteiger partial charge < -0.3 is 4.84 Å². The Hall–Kier alpha value is -3.77. The van der Waals surface area contributed by atoms with E-state index in [0.717, 1.165) is 49.2 Å². The van der Waals surface area contributed by atoms with Gasteiger partial charge in [0.1, 0.15) is 11.8 Å². The van der Waals surface area contributed by atoms with E-state index in [0.29, 0.717) is 18.2 Å². The Morgan fingerprint density at radius 1 is 1.03 bits per heavy atom. The summed E-state index contributed by atoms with van der Waals surface area (Å²) in [5, 5.41) is 12.6. The van der Waals surface area contributed by atoms with Crippen molar-refractivity contribution in [2.45, 2.75) is 25.3 Å². The van der Waals surface area contributed by atoms with Crippen LogP contribution in [0.3, 0.4) is 0 Å². The van der Waals surface area contributed by atoms with Gasteiger partial charge in [-0.15, -0.1) is 0 Å². The Kier molecular flexibility index (Phi) is 7.50. The highest BCUT2D eigenvalue weighted by molar-refractivity contribution is 6.11. The van der Waals surface area contributed by atoms with Gasteiger partial charge in [0.15, 0.2) is 11.6 Å². The van der Waals surface area contributed by atoms with Gasteiger partial charge in [0.25, 0.3) is 0 Å². The van der Waals surface area contributed by atoms with Gasteiger partial charge in [0.2, 0.25) is 12.6 Å². The molecule has 0 spiro atoms. The quantitative estimate of drug-likeness (QED) is 0.221. The Morgan fingerprint density at radius 3 is 2.50 bits per heavy atom. The van der Waals surface area contributed by atoms with Crippen LogP contribution < -0.4 is 0 Å². The third kappa shape index (κ3) is 5.77. The molecule has 3 aromatic rings. The first-order valence-electron chi connectivity index (χ1n) is 10.8. The summed E-state index contributed by atoms with van der Waals surface area (Å²) in [6, 6.07) is 12.0. The SMILES string of the molecule is N#CCO/N=C(\c1ccc(F)c(F)c1)c1ccc(CN2CCC(c3ccc(F)nc3)CC2)cn1. The summed E-state index contributed by atoms with van der Waals surface area (Å²) < 4.78 is 40.2. The van der Waals surface area contributed by atoms with Gasteiger partial charge in [-0.25, -0.2) is 13.8 Å². The second-order valence-corrected chi connectivity index (χ2v) is 8.02. The van der Waals surface area contributed by atoms with Gasteiger partial charge in [-0.05, 0) is 73.3 Å². The largest absolute Gasteiger partial charge is 0.380 e. The fourth-order valence-electron chi connectivity index (χ4n) is 3.99. The number of benzene rings is 1. The number of halogens is 3. The fraction of sp³-hybridized carbons (Fsp3) is 0.280. The molecule has 6 nitrogen and oxygen atoms in total. The van der Waals surface area contributed by atoms with Crippen LogP contribution in [0.4, 0.5) is 13.2 Å². The van der Waals surface area contributed by atoms with Crippen LogP contribution in [0, 0.1) is 28.9 Å². The maximum atomic E-state index is 13.8. The second-order valence-electron chi connectivity index (χ2n) is 8.02. The molecule has 2 aromatic heterocycles. The van der Waals surface area contributed by atoms with E-state index in [2.05, 4.69) is 20.0 Å². The number of likely N-dealkylation sites (tertiary alicyclic amines) is 1. The predicted molar refractivity (Wildman–Crippen MR) is 119 cm³/mol. The lowest BCUT2D eigenvalue weighted by atomic mass is 9.90. The van der Waals surface area contributed by atoms with Crippen molar-refractivity contribution in [1.82, 2.24) is 14.9 Å². The van der Waals surface area contributed by atoms with Crippen molar-refractivity contribution in [3.8, 4) is 6.07 Å². The summed E-state index contributed by atoms with van der Waals surface area (Å²) in [5.74, 6) is -2.08. The molecule has 0 radical (unpaired) electrons. The van der Waals surface area contributed by atoms with Gasteiger partial charge >= 0.3 is 0 Å². The summed E-state index contributed by atoms with van der Waals surface area (Å²) in [6.07, 6.45) is 5.25. The van der Waals surface area contributed by atoms with E-state index >= 15 is 0 Å². The van der Waals surface area contributed by atoms with Crippen molar-refractivity contribution in [3.63, 3.8) is 0 Å². The highest BCUT2D eigenvalue weighted by Gasteiger charge is 2.21. The van der Waals surface area contributed by atoms with E-state index < -0.39 is 17.6 Å². The number of rotatable bonds is 7. The molecule has 0 atom stereocenters. The van der Waals surface area contributed by atoms with E-state index in [1.165, 1.54) is 12.1 Å². The van der Waals surface area contributed by atoms with Crippen molar-refractivity contribution in [2.75, 3.05) is 19.7 Å². The van der Waals surface area contributed by atoms with E-state index in [1.54, 1.807) is 24.5 Å². The molecule has 1 aromatic carbocycles. The number of nitriles is 1. The lowest BCUT2D eigenvalue weighted by molar-refractivity contribution is 0.179. The number of piperidine rings is 1. The minimum atomic E-state index is -1.01. The van der Waals surface area contributed by atoms with Gasteiger partial charge in [0, 0.05) is 24.5 Å². The second kappa shape index (κ2) is 10.9. The van der Waals surface area contributed by atoms with Gasteiger partial charge in [0.05, 0.1) is 5.69 Å². The van der Waals surface area contributed by atoms with Crippen LogP contribution in [-0.2, 0) is 11.4 Å². The summed E-state index contributed by atoms with van der Waals surface area (Å²) >= 11 is 0. The first kappa shape index (κ1) is 23.4. The summed E-state index contributed by atoms with van der Waals surface area (Å²) in [4.78, 5) is 15.5. The van der Waals surface area contributed by atoms with Gasteiger partial charge in [-0.1, -0.05) is 17.3 Å². The van der Waals surface area contributed by atoms with Crippen LogP contribution in [0.1, 0.15) is 41.1 Å². The molecule has 4 rings (SSSR count). The molecule has 0 saturated carbocycles. The lowest BCUT2D eigenvalue weighted by Gasteiger charge is -2.32. The zero-order valence-electron chi connectivity index (χ0n) is 18.3. The monoisotopic (exact) mass is 465 g/mol. The Balaban J connectivity index is 1.42. The molecule has 0 aliphatic carbocycles. The van der Waals surface area contributed by atoms with Crippen LogP contribution >= 0.6 is 0 Å². The summed E-state index contributed by atoms with van der Waals surface area (Å²) in [7, 11) is 0. The zero-order chi connectivity index (χ0) is 23.9. The molecule has 174 valence electrons. The Morgan fingerprint density at radius 2 is 1.85 bits per heavy atom. The first-order valence-corrected chi connectivity index (χ1v) is 10.8. The highest BCUT2D eigenvalue weighted by Crippen LogP contribution is 2.28. The molecule has 3 heterocycles. The number of oxime groups is 1. The topological polar surface area (TPSA) is 74.4 Å². The summed E-state index contributed by atoms with van der Waals surface area (Å²) in [5.41, 5.74) is 2.96. The highest BCUT2D eigenvalue weighted by atomic mass is 19.2. The van der Waals surface area contributed by atoms with Crippen molar-refractivity contribution in [1.29, 1.82) is 5.26 Å². The Bertz CT molecular complexity index is 1180. The van der Waals surface area contributed by atoms with Crippen LogP contribution in [0.15, 0.2) is 60.0 Å². The third-order valence-corrected chi connectivity index (χ3v) is 5.76. The third-order valence-electron chi connectivity index (χ3n) is 5.76. The maximum absolute atomic E-state index is 13.8. The maximum Gasteiger partial charge on any atom is 0.212 e. The number of hydrogen-bond acceptors (Lipinski definition) is 6. The number of aromatic nitrogens is 2. The smallest absolute Gasteiger partial charge is 0.212 e. The number of pyridine rings is 2. The first-order chi connectivity index (χ1) is 16.5. The number of hydrogen-bond donors (Lipinski definition) is 0. The minimum absolute atomic E-state index is 0.203. The molecule has 1 fully saturated rings.